The Bertz CT molecular complexity index is 1130. The van der Waals surface area contributed by atoms with Gasteiger partial charge < -0.3 is 14.6 Å². The Kier molecular flexibility index (Phi) is 5.37. The fourth-order valence-corrected chi connectivity index (χ4v) is 4.11. The summed E-state index contributed by atoms with van der Waals surface area (Å²) in [7, 11) is 1.32. The fraction of sp³-hybridized carbons (Fsp3) is 0.238. The van der Waals surface area contributed by atoms with Gasteiger partial charge in [-0.25, -0.2) is 9.78 Å². The third-order valence-electron chi connectivity index (χ3n) is 4.95. The standard InChI is InChI=1S/C21H20N4O4S/c1-3-18(26)25-7-6-12-8-13(4-5-17(12)25)19(27)24-21-23-16(11-30-21)14-9-15(22-10-14)20(28)29-2/h4-5,8-11,22H,3,6-7H2,1-2H3,(H,23,24,27). The number of H-pyrrole nitrogens is 1. The Labute approximate surface area is 176 Å². The van der Waals surface area contributed by atoms with Crippen LogP contribution >= 0.6 is 11.3 Å². The number of hydrogen-bond acceptors (Lipinski definition) is 6. The molecule has 2 N–H and O–H groups in total. The van der Waals surface area contributed by atoms with E-state index in [1.165, 1.54) is 18.4 Å². The number of hydrogen-bond donors (Lipinski definition) is 2. The molecule has 154 valence electrons. The Hall–Kier alpha value is -3.46. The number of thiazole rings is 1. The van der Waals surface area contributed by atoms with E-state index in [0.29, 0.717) is 35.0 Å². The number of carbonyl (C=O) groups excluding carboxylic acids is 3. The number of esters is 1. The van der Waals surface area contributed by atoms with Crippen LogP contribution in [0.4, 0.5) is 10.8 Å². The van der Waals surface area contributed by atoms with Crippen LogP contribution in [0, 0.1) is 0 Å². The Morgan fingerprint density at radius 3 is 2.90 bits per heavy atom. The fourth-order valence-electron chi connectivity index (χ4n) is 3.40. The second-order valence-corrected chi connectivity index (χ2v) is 7.64. The van der Waals surface area contributed by atoms with Gasteiger partial charge in [0.1, 0.15) is 5.69 Å². The first-order chi connectivity index (χ1) is 14.5. The zero-order chi connectivity index (χ0) is 21.3. The van der Waals surface area contributed by atoms with Crippen molar-refractivity contribution in [3.8, 4) is 11.3 Å². The van der Waals surface area contributed by atoms with Crippen molar-refractivity contribution in [3.05, 3.63) is 52.7 Å². The molecule has 4 rings (SSSR count). The number of anilines is 2. The van der Waals surface area contributed by atoms with Crippen molar-refractivity contribution in [2.75, 3.05) is 23.9 Å². The van der Waals surface area contributed by atoms with Crippen LogP contribution in [0.5, 0.6) is 0 Å². The number of benzene rings is 1. The number of carbonyl (C=O) groups is 3. The van der Waals surface area contributed by atoms with E-state index in [2.05, 4.69) is 20.0 Å². The van der Waals surface area contributed by atoms with Gasteiger partial charge >= 0.3 is 5.97 Å². The molecule has 0 saturated heterocycles. The summed E-state index contributed by atoms with van der Waals surface area (Å²) in [5.74, 6) is -0.634. The lowest BCUT2D eigenvalue weighted by Crippen LogP contribution is -2.27. The first-order valence-electron chi connectivity index (χ1n) is 9.47. The molecule has 0 unspecified atom stereocenters. The number of nitrogens with one attached hydrogen (secondary N) is 2. The number of aromatic nitrogens is 2. The van der Waals surface area contributed by atoms with Crippen molar-refractivity contribution >= 4 is 39.9 Å². The number of ether oxygens (including phenoxy) is 1. The molecule has 0 saturated carbocycles. The molecular weight excluding hydrogens is 404 g/mol. The molecule has 0 spiro atoms. The van der Waals surface area contributed by atoms with E-state index in [9.17, 15) is 14.4 Å². The van der Waals surface area contributed by atoms with Gasteiger partial charge in [-0.3, -0.25) is 14.9 Å². The molecular formula is C21H20N4O4S. The molecule has 2 amide bonds. The maximum absolute atomic E-state index is 12.7. The van der Waals surface area contributed by atoms with Crippen molar-refractivity contribution in [1.29, 1.82) is 0 Å². The second kappa shape index (κ2) is 8.11. The van der Waals surface area contributed by atoms with E-state index >= 15 is 0 Å². The molecule has 0 aliphatic carbocycles. The second-order valence-electron chi connectivity index (χ2n) is 6.78. The summed E-state index contributed by atoms with van der Waals surface area (Å²) in [4.78, 5) is 45.3. The molecule has 1 aliphatic heterocycles. The van der Waals surface area contributed by atoms with Gasteiger partial charge in [0.05, 0.1) is 12.8 Å². The predicted octanol–water partition coefficient (Wildman–Crippen LogP) is 3.48. The first-order valence-corrected chi connectivity index (χ1v) is 10.4. The number of fused-ring (bicyclic) bond motifs is 1. The molecule has 1 aliphatic rings. The van der Waals surface area contributed by atoms with Crippen LogP contribution in [0.25, 0.3) is 11.3 Å². The van der Waals surface area contributed by atoms with Crippen LogP contribution in [-0.4, -0.2) is 41.4 Å². The Balaban J connectivity index is 1.47. The molecule has 8 nitrogen and oxygen atoms in total. The maximum Gasteiger partial charge on any atom is 0.354 e. The summed E-state index contributed by atoms with van der Waals surface area (Å²) < 4.78 is 4.68. The summed E-state index contributed by atoms with van der Waals surface area (Å²) in [6, 6.07) is 7.03. The van der Waals surface area contributed by atoms with E-state index in [1.807, 2.05) is 19.1 Å². The lowest BCUT2D eigenvalue weighted by Gasteiger charge is -2.16. The molecule has 0 bridgehead atoms. The number of rotatable bonds is 5. The molecule has 30 heavy (non-hydrogen) atoms. The van der Waals surface area contributed by atoms with Gasteiger partial charge in [-0.1, -0.05) is 6.92 Å². The summed E-state index contributed by atoms with van der Waals surface area (Å²) >= 11 is 1.30. The average molecular weight is 424 g/mol. The minimum Gasteiger partial charge on any atom is -0.464 e. The topological polar surface area (TPSA) is 104 Å². The van der Waals surface area contributed by atoms with Gasteiger partial charge in [0.15, 0.2) is 5.13 Å². The van der Waals surface area contributed by atoms with Crippen LogP contribution in [0.1, 0.15) is 39.8 Å². The van der Waals surface area contributed by atoms with Crippen molar-refractivity contribution < 1.29 is 19.1 Å². The highest BCUT2D eigenvalue weighted by Gasteiger charge is 2.24. The molecule has 3 heterocycles. The number of aromatic amines is 1. The van der Waals surface area contributed by atoms with Crippen molar-refractivity contribution in [2.24, 2.45) is 0 Å². The number of amides is 2. The monoisotopic (exact) mass is 424 g/mol. The summed E-state index contributed by atoms with van der Waals surface area (Å²) in [5.41, 5.74) is 4.09. The molecule has 2 aromatic heterocycles. The lowest BCUT2D eigenvalue weighted by atomic mass is 10.1. The molecule has 0 radical (unpaired) electrons. The van der Waals surface area contributed by atoms with Crippen LogP contribution in [0.3, 0.4) is 0 Å². The minimum absolute atomic E-state index is 0.0846. The van der Waals surface area contributed by atoms with E-state index in [-0.39, 0.29) is 11.8 Å². The first kappa shape index (κ1) is 19.8. The van der Waals surface area contributed by atoms with E-state index < -0.39 is 5.97 Å². The molecule has 9 heteroatoms. The van der Waals surface area contributed by atoms with Gasteiger partial charge in [0.25, 0.3) is 5.91 Å². The van der Waals surface area contributed by atoms with Crippen molar-refractivity contribution in [2.45, 2.75) is 19.8 Å². The van der Waals surface area contributed by atoms with E-state index in [4.69, 9.17) is 0 Å². The molecule has 0 fully saturated rings. The highest BCUT2D eigenvalue weighted by Crippen LogP contribution is 2.30. The maximum atomic E-state index is 12.7. The van der Waals surface area contributed by atoms with Crippen molar-refractivity contribution in [3.63, 3.8) is 0 Å². The van der Waals surface area contributed by atoms with Gasteiger partial charge in [-0.15, -0.1) is 11.3 Å². The SMILES string of the molecule is CCC(=O)N1CCc2cc(C(=O)Nc3nc(-c4c[nH]c(C(=O)OC)c4)cs3)ccc21. The normalized spacial score (nSPS) is 12.5. The van der Waals surface area contributed by atoms with Gasteiger partial charge in [0.2, 0.25) is 5.91 Å². The summed E-state index contributed by atoms with van der Waals surface area (Å²) in [6.45, 7) is 2.49. The molecule has 3 aromatic rings. The number of methoxy groups -OCH3 is 1. The Morgan fingerprint density at radius 2 is 2.13 bits per heavy atom. The number of nitrogens with zero attached hydrogens (tertiary/aromatic N) is 2. The van der Waals surface area contributed by atoms with Crippen LogP contribution in [-0.2, 0) is 16.0 Å². The predicted molar refractivity (Wildman–Crippen MR) is 114 cm³/mol. The van der Waals surface area contributed by atoms with E-state index in [0.717, 1.165) is 23.2 Å². The molecule has 0 atom stereocenters. The van der Waals surface area contributed by atoms with Crippen LogP contribution in [0.15, 0.2) is 35.8 Å². The van der Waals surface area contributed by atoms with E-state index in [1.54, 1.807) is 28.6 Å². The Morgan fingerprint density at radius 1 is 1.30 bits per heavy atom. The van der Waals surface area contributed by atoms with Gasteiger partial charge in [-0.2, -0.15) is 0 Å². The third-order valence-corrected chi connectivity index (χ3v) is 5.71. The highest BCUT2D eigenvalue weighted by atomic mass is 32.1. The van der Waals surface area contributed by atoms with Crippen LogP contribution < -0.4 is 10.2 Å². The summed E-state index contributed by atoms with van der Waals surface area (Å²) in [5, 5.41) is 5.07. The quantitative estimate of drug-likeness (QED) is 0.610. The highest BCUT2D eigenvalue weighted by molar-refractivity contribution is 7.14. The molecule has 1 aromatic carbocycles. The lowest BCUT2D eigenvalue weighted by molar-refractivity contribution is -0.118. The smallest absolute Gasteiger partial charge is 0.354 e. The van der Waals surface area contributed by atoms with Gasteiger partial charge in [-0.05, 0) is 36.2 Å². The largest absolute Gasteiger partial charge is 0.464 e. The van der Waals surface area contributed by atoms with Gasteiger partial charge in [0, 0.05) is 41.4 Å². The minimum atomic E-state index is -0.458. The van der Waals surface area contributed by atoms with Crippen LogP contribution in [0.2, 0.25) is 0 Å². The zero-order valence-electron chi connectivity index (χ0n) is 16.5. The summed E-state index contributed by atoms with van der Waals surface area (Å²) in [6.07, 6.45) is 2.85. The third kappa shape index (κ3) is 3.71. The van der Waals surface area contributed by atoms with Crippen molar-refractivity contribution in [1.82, 2.24) is 9.97 Å². The average Bonchev–Trinajstić information content (AvgIpc) is 3.50. The zero-order valence-corrected chi connectivity index (χ0v) is 17.3.